The number of rotatable bonds is 18. The fourth-order valence-electron chi connectivity index (χ4n) is 7.65. The van der Waals surface area contributed by atoms with Crippen molar-refractivity contribution in [1.29, 1.82) is 0 Å². The van der Waals surface area contributed by atoms with Crippen LogP contribution in [0, 0.1) is 11.8 Å². The van der Waals surface area contributed by atoms with Gasteiger partial charge in [0.05, 0.1) is 0 Å². The van der Waals surface area contributed by atoms with Crippen LogP contribution >= 0.6 is 0 Å². The molecular weight excluding hydrogens is 759 g/mol. The van der Waals surface area contributed by atoms with Gasteiger partial charge in [0.1, 0.15) is 0 Å². The van der Waals surface area contributed by atoms with E-state index in [0.717, 1.165) is 44.9 Å². The standard InChI is InChI=1S/C46H56O8Se/c1-49-46(48)42(55-37-22-10-4-11-23-37)25-13-5-12-24-38-39(29-28-36(32-34-18-6-2-7-19-34)52-43-26-14-16-30-50-43)41(54-45(47)35-20-8-3-9-21-35)33-40(38)53-44-27-15-17-31-51-44/h2-12,18-23,28-29,36,38-44H,13-17,24-27,30-33H2,1H3/b12-5-,29-28+/t36-,38-,39-,40+,41-,42?,43?,44?/m1/s1. The zero-order valence-electron chi connectivity index (χ0n) is 32.0. The van der Waals surface area contributed by atoms with Crippen LogP contribution in [0.4, 0.5) is 0 Å². The number of carbonyl (C=O) groups excluding carboxylic acids is 2. The molecule has 0 aromatic heterocycles. The van der Waals surface area contributed by atoms with Gasteiger partial charge in [0, 0.05) is 6.61 Å². The van der Waals surface area contributed by atoms with Gasteiger partial charge in [-0.15, -0.1) is 0 Å². The van der Waals surface area contributed by atoms with E-state index in [9.17, 15) is 9.59 Å². The first-order valence-corrected chi connectivity index (χ1v) is 21.9. The molecule has 8 nitrogen and oxygen atoms in total. The second-order valence-electron chi connectivity index (χ2n) is 14.5. The molecule has 55 heavy (non-hydrogen) atoms. The monoisotopic (exact) mass is 816 g/mol. The molecule has 9 heteroatoms. The van der Waals surface area contributed by atoms with Crippen LogP contribution in [0.3, 0.4) is 0 Å². The van der Waals surface area contributed by atoms with Gasteiger partial charge in [0.15, 0.2) is 6.29 Å². The Kier molecular flexibility index (Phi) is 16.6. The van der Waals surface area contributed by atoms with Crippen molar-refractivity contribution in [2.45, 2.75) is 106 Å². The van der Waals surface area contributed by atoms with Gasteiger partial charge < -0.3 is 4.74 Å². The van der Waals surface area contributed by atoms with E-state index in [-0.39, 0.29) is 68.3 Å². The van der Waals surface area contributed by atoms with E-state index in [0.29, 0.717) is 44.5 Å². The summed E-state index contributed by atoms with van der Waals surface area (Å²) in [6, 6.07) is 29.7. The first-order valence-electron chi connectivity index (χ1n) is 20.0. The third kappa shape index (κ3) is 13.0. The van der Waals surface area contributed by atoms with Crippen LogP contribution in [-0.2, 0) is 39.6 Å². The van der Waals surface area contributed by atoms with Crippen molar-refractivity contribution in [3.05, 3.63) is 126 Å². The molecule has 1 saturated carbocycles. The molecule has 3 unspecified atom stereocenters. The zero-order chi connectivity index (χ0) is 38.1. The summed E-state index contributed by atoms with van der Waals surface area (Å²) < 4.78 is 38.2. The average Bonchev–Trinajstić information content (AvgIpc) is 3.54. The molecule has 2 aliphatic heterocycles. The summed E-state index contributed by atoms with van der Waals surface area (Å²) in [4.78, 5) is 26.1. The number of carbonyl (C=O) groups is 2. The van der Waals surface area contributed by atoms with Gasteiger partial charge in [-0.3, -0.25) is 0 Å². The van der Waals surface area contributed by atoms with Crippen LogP contribution in [-0.4, -0.2) is 78.1 Å². The molecule has 6 rings (SSSR count). The molecule has 2 heterocycles. The second-order valence-corrected chi connectivity index (χ2v) is 17.2. The van der Waals surface area contributed by atoms with E-state index in [1.165, 1.54) is 17.1 Å². The summed E-state index contributed by atoms with van der Waals surface area (Å²) >= 11 is -0.0284. The summed E-state index contributed by atoms with van der Waals surface area (Å²) in [5, 5.41) is 0. The van der Waals surface area contributed by atoms with E-state index in [2.05, 4.69) is 60.7 Å². The number of ether oxygens (including phenoxy) is 6. The third-order valence-electron chi connectivity index (χ3n) is 10.5. The molecule has 3 aromatic rings. The summed E-state index contributed by atoms with van der Waals surface area (Å²) in [6.07, 6.45) is 16.8. The van der Waals surface area contributed by atoms with E-state index >= 15 is 0 Å². The van der Waals surface area contributed by atoms with Gasteiger partial charge in [-0.2, -0.15) is 0 Å². The van der Waals surface area contributed by atoms with Crippen molar-refractivity contribution >= 4 is 31.4 Å². The van der Waals surface area contributed by atoms with Crippen molar-refractivity contribution in [3.63, 3.8) is 0 Å². The molecule has 3 aliphatic rings. The second kappa shape index (κ2) is 22.2. The topological polar surface area (TPSA) is 89.5 Å². The van der Waals surface area contributed by atoms with Crippen LogP contribution in [0.15, 0.2) is 115 Å². The van der Waals surface area contributed by atoms with Crippen molar-refractivity contribution in [2.24, 2.45) is 11.8 Å². The molecule has 3 aromatic carbocycles. The van der Waals surface area contributed by atoms with Gasteiger partial charge in [0.25, 0.3) is 0 Å². The minimum absolute atomic E-state index is 0.0137. The van der Waals surface area contributed by atoms with Gasteiger partial charge in [-0.05, 0) is 43.4 Å². The molecule has 0 spiro atoms. The number of benzene rings is 3. The van der Waals surface area contributed by atoms with Crippen molar-refractivity contribution in [2.75, 3.05) is 20.3 Å². The van der Waals surface area contributed by atoms with Crippen LogP contribution < -0.4 is 4.46 Å². The van der Waals surface area contributed by atoms with Crippen LogP contribution in [0.5, 0.6) is 0 Å². The summed E-state index contributed by atoms with van der Waals surface area (Å²) in [5.41, 5.74) is 1.71. The first kappa shape index (κ1) is 41.1. The Morgan fingerprint density at radius 3 is 2.16 bits per heavy atom. The SMILES string of the molecule is COC(=O)C(CC/C=C\C[C@@H]1[C@@H](/C=C/[C@H](Cc2ccccc2)OC2CCCCO2)[C@H](OC(=O)c2ccccc2)C[C@@H]1OC1CCCCO1)[Se]c1ccccc1. The predicted molar refractivity (Wildman–Crippen MR) is 214 cm³/mol. The van der Waals surface area contributed by atoms with Gasteiger partial charge in [0.2, 0.25) is 0 Å². The fourth-order valence-corrected chi connectivity index (χ4v) is 9.93. The van der Waals surface area contributed by atoms with Crippen LogP contribution in [0.2, 0.25) is 4.82 Å². The molecule has 294 valence electrons. The zero-order valence-corrected chi connectivity index (χ0v) is 33.7. The third-order valence-corrected chi connectivity index (χ3v) is 13.2. The summed E-state index contributed by atoms with van der Waals surface area (Å²) in [6.45, 7) is 1.39. The Morgan fingerprint density at radius 1 is 0.818 bits per heavy atom. The minimum atomic E-state index is -0.406. The van der Waals surface area contributed by atoms with Crippen molar-refractivity contribution in [1.82, 2.24) is 0 Å². The molecule has 0 N–H and O–H groups in total. The number of esters is 2. The Balaban J connectivity index is 1.23. The van der Waals surface area contributed by atoms with Crippen LogP contribution in [0.25, 0.3) is 0 Å². The molecule has 0 radical (unpaired) electrons. The maximum atomic E-state index is 13.6. The Labute approximate surface area is 333 Å². The molecule has 8 atom stereocenters. The number of hydrogen-bond acceptors (Lipinski definition) is 8. The number of allylic oxidation sites excluding steroid dienone is 2. The number of methoxy groups -OCH3 is 1. The average molecular weight is 816 g/mol. The van der Waals surface area contributed by atoms with E-state index in [4.69, 9.17) is 28.4 Å². The Bertz CT molecular complexity index is 1620. The summed E-state index contributed by atoms with van der Waals surface area (Å²) in [5.74, 6) is -0.619. The molecular formula is C46H56O8Se. The molecule has 3 fully saturated rings. The van der Waals surface area contributed by atoms with Crippen molar-refractivity contribution < 1.29 is 38.0 Å². The fraction of sp³-hybridized carbons (Fsp3) is 0.478. The van der Waals surface area contributed by atoms with Gasteiger partial charge in [-0.25, -0.2) is 0 Å². The quantitative estimate of drug-likeness (QED) is 0.0722. The van der Waals surface area contributed by atoms with E-state index < -0.39 is 6.10 Å². The predicted octanol–water partition coefficient (Wildman–Crippen LogP) is 8.19. The summed E-state index contributed by atoms with van der Waals surface area (Å²) in [7, 11) is 1.47. The molecule has 2 saturated heterocycles. The van der Waals surface area contributed by atoms with Gasteiger partial charge in [-0.1, -0.05) is 48.5 Å². The normalized spacial score (nSPS) is 25.5. The Hall–Kier alpha value is -3.56. The first-order chi connectivity index (χ1) is 27.1. The van der Waals surface area contributed by atoms with Crippen LogP contribution in [0.1, 0.15) is 80.1 Å². The Morgan fingerprint density at radius 2 is 1.49 bits per heavy atom. The molecule has 0 amide bonds. The van der Waals surface area contributed by atoms with E-state index in [1.807, 2.05) is 42.5 Å². The van der Waals surface area contributed by atoms with E-state index in [1.54, 1.807) is 12.1 Å². The molecule has 1 aliphatic carbocycles. The molecule has 0 bridgehead atoms. The maximum absolute atomic E-state index is 13.6. The van der Waals surface area contributed by atoms with Crippen molar-refractivity contribution in [3.8, 4) is 0 Å². The van der Waals surface area contributed by atoms with Gasteiger partial charge >= 0.3 is 225 Å². The number of hydrogen-bond donors (Lipinski definition) is 0.